The molecule has 1 aliphatic heterocycles. The van der Waals surface area contributed by atoms with Crippen LogP contribution in [0.5, 0.6) is 0 Å². The molecule has 9 heteroatoms. The third kappa shape index (κ3) is 4.22. The largest absolute Gasteiger partial charge is 0.358 e. The molecular formula is C21H24FN5O2S. The lowest BCUT2D eigenvalue weighted by Crippen LogP contribution is -2.50. The maximum Gasteiger partial charge on any atom is 0.264 e. The number of nitrogens with zero attached hydrogens (tertiary/aromatic N) is 4. The molecule has 3 aromatic rings. The lowest BCUT2D eigenvalue weighted by atomic mass is 10.2. The smallest absolute Gasteiger partial charge is 0.264 e. The minimum absolute atomic E-state index is 0.0135. The second-order valence-corrected chi connectivity index (χ2v) is 8.47. The second kappa shape index (κ2) is 8.53. The van der Waals surface area contributed by atoms with Crippen LogP contribution >= 0.6 is 11.3 Å². The van der Waals surface area contributed by atoms with E-state index in [0.29, 0.717) is 44.1 Å². The van der Waals surface area contributed by atoms with Crippen molar-refractivity contribution in [2.45, 2.75) is 13.5 Å². The van der Waals surface area contributed by atoms with Crippen molar-refractivity contribution in [2.75, 3.05) is 39.8 Å². The molecule has 1 fully saturated rings. The van der Waals surface area contributed by atoms with Gasteiger partial charge in [-0.15, -0.1) is 11.3 Å². The van der Waals surface area contributed by atoms with Crippen LogP contribution in [0.15, 0.2) is 30.3 Å². The highest BCUT2D eigenvalue weighted by molar-refractivity contribution is 7.20. The van der Waals surface area contributed by atoms with Gasteiger partial charge in [-0.3, -0.25) is 19.2 Å². The van der Waals surface area contributed by atoms with Gasteiger partial charge in [-0.05, 0) is 30.7 Å². The number of fused-ring (bicyclic) bond motifs is 1. The molecule has 0 spiro atoms. The van der Waals surface area contributed by atoms with Crippen LogP contribution in [0.3, 0.4) is 0 Å². The zero-order chi connectivity index (χ0) is 21.3. The maximum absolute atomic E-state index is 13.2. The summed E-state index contributed by atoms with van der Waals surface area (Å²) >= 11 is 1.44. The van der Waals surface area contributed by atoms with Crippen molar-refractivity contribution in [3.8, 4) is 0 Å². The van der Waals surface area contributed by atoms with Crippen molar-refractivity contribution in [3.05, 3.63) is 52.3 Å². The van der Waals surface area contributed by atoms with Crippen molar-refractivity contribution >= 4 is 33.4 Å². The molecule has 2 amide bonds. The van der Waals surface area contributed by atoms with Crippen molar-refractivity contribution in [1.82, 2.24) is 24.9 Å². The molecule has 158 valence electrons. The number of piperazine rings is 1. The van der Waals surface area contributed by atoms with Gasteiger partial charge < -0.3 is 10.2 Å². The minimum Gasteiger partial charge on any atom is -0.358 e. The Labute approximate surface area is 178 Å². The van der Waals surface area contributed by atoms with E-state index in [1.807, 2.05) is 22.6 Å². The summed E-state index contributed by atoms with van der Waals surface area (Å²) in [5.74, 6) is -0.260. The first-order valence-electron chi connectivity index (χ1n) is 9.88. The quantitative estimate of drug-likeness (QED) is 0.674. The molecule has 1 saturated heterocycles. The fraction of sp³-hybridized carbons (Fsp3) is 0.381. The lowest BCUT2D eigenvalue weighted by Gasteiger charge is -2.34. The van der Waals surface area contributed by atoms with Gasteiger partial charge in [-0.1, -0.05) is 12.1 Å². The topological polar surface area (TPSA) is 70.5 Å². The molecule has 3 heterocycles. The van der Waals surface area contributed by atoms with Crippen LogP contribution in [-0.2, 0) is 11.3 Å². The highest BCUT2D eigenvalue weighted by atomic mass is 32.1. The molecule has 0 unspecified atom stereocenters. The van der Waals surface area contributed by atoms with E-state index in [4.69, 9.17) is 0 Å². The number of benzene rings is 1. The number of hydrogen-bond acceptors (Lipinski definition) is 5. The van der Waals surface area contributed by atoms with Gasteiger partial charge in [-0.25, -0.2) is 4.39 Å². The maximum atomic E-state index is 13.2. The molecule has 0 bridgehead atoms. The van der Waals surface area contributed by atoms with E-state index in [1.54, 1.807) is 19.2 Å². The summed E-state index contributed by atoms with van der Waals surface area (Å²) < 4.78 is 15.0. The minimum atomic E-state index is -0.264. The summed E-state index contributed by atoms with van der Waals surface area (Å²) in [5.41, 5.74) is 1.83. The molecule has 0 radical (unpaired) electrons. The first-order chi connectivity index (χ1) is 14.4. The number of thiophene rings is 1. The first kappa shape index (κ1) is 20.5. The molecule has 30 heavy (non-hydrogen) atoms. The number of carbonyl (C=O) groups excluding carboxylic acids is 2. The highest BCUT2D eigenvalue weighted by Crippen LogP contribution is 2.30. The van der Waals surface area contributed by atoms with E-state index >= 15 is 0 Å². The normalized spacial score (nSPS) is 15.0. The number of halogens is 1. The zero-order valence-electron chi connectivity index (χ0n) is 17.0. The third-order valence-corrected chi connectivity index (χ3v) is 6.51. The molecule has 1 aliphatic rings. The van der Waals surface area contributed by atoms with Crippen LogP contribution in [-0.4, -0.2) is 71.2 Å². The van der Waals surface area contributed by atoms with Crippen molar-refractivity contribution in [2.24, 2.45) is 0 Å². The number of likely N-dealkylation sites (N-methyl/N-ethyl adjacent to an activating group) is 1. The van der Waals surface area contributed by atoms with Crippen molar-refractivity contribution < 1.29 is 14.0 Å². The fourth-order valence-corrected chi connectivity index (χ4v) is 4.76. The SMILES string of the molecule is CNC(=O)CN1CCN(C(=O)c2cc3c(C)nn(Cc4ccc(F)cc4)c3s2)CC1. The Kier molecular flexibility index (Phi) is 5.83. The van der Waals surface area contributed by atoms with Crippen LogP contribution in [0.2, 0.25) is 0 Å². The number of amides is 2. The van der Waals surface area contributed by atoms with E-state index < -0.39 is 0 Å². The van der Waals surface area contributed by atoms with Crippen LogP contribution in [0.1, 0.15) is 20.9 Å². The molecule has 0 saturated carbocycles. The molecule has 4 rings (SSSR count). The Balaban J connectivity index is 1.48. The molecule has 2 aromatic heterocycles. The Hall–Kier alpha value is -2.78. The van der Waals surface area contributed by atoms with E-state index in [0.717, 1.165) is 21.5 Å². The predicted molar refractivity (Wildman–Crippen MR) is 114 cm³/mol. The summed E-state index contributed by atoms with van der Waals surface area (Å²) in [7, 11) is 1.63. The highest BCUT2D eigenvalue weighted by Gasteiger charge is 2.25. The van der Waals surface area contributed by atoms with Crippen LogP contribution < -0.4 is 5.32 Å². The van der Waals surface area contributed by atoms with Gasteiger partial charge in [0.05, 0.1) is 23.7 Å². The van der Waals surface area contributed by atoms with Gasteiger partial charge in [-0.2, -0.15) is 5.10 Å². The van der Waals surface area contributed by atoms with Crippen molar-refractivity contribution in [3.63, 3.8) is 0 Å². The van der Waals surface area contributed by atoms with Gasteiger partial charge in [0.15, 0.2) is 0 Å². The standard InChI is InChI=1S/C21H24FN5O2S/c1-14-17-11-18(20(29)26-9-7-25(8-10-26)13-19(28)23-2)30-21(17)27(24-14)12-15-3-5-16(22)6-4-15/h3-6,11H,7-10,12-13H2,1-2H3,(H,23,28). The van der Waals surface area contributed by atoms with Crippen LogP contribution in [0.25, 0.3) is 10.2 Å². The van der Waals surface area contributed by atoms with Crippen LogP contribution in [0.4, 0.5) is 4.39 Å². The van der Waals surface area contributed by atoms with Gasteiger partial charge in [0.1, 0.15) is 10.6 Å². The first-order valence-corrected chi connectivity index (χ1v) is 10.7. The number of carbonyl (C=O) groups is 2. The Bertz CT molecular complexity index is 1070. The summed E-state index contributed by atoms with van der Waals surface area (Å²) in [4.78, 5) is 30.1. The molecule has 7 nitrogen and oxygen atoms in total. The monoisotopic (exact) mass is 429 g/mol. The second-order valence-electron chi connectivity index (χ2n) is 7.44. The molecular weight excluding hydrogens is 405 g/mol. The number of aromatic nitrogens is 2. The molecule has 1 N–H and O–H groups in total. The van der Waals surface area contributed by atoms with E-state index in [-0.39, 0.29) is 17.6 Å². The Morgan fingerprint density at radius 3 is 2.53 bits per heavy atom. The third-order valence-electron chi connectivity index (χ3n) is 5.37. The van der Waals surface area contributed by atoms with Crippen LogP contribution in [0, 0.1) is 12.7 Å². The predicted octanol–water partition coefficient (Wildman–Crippen LogP) is 2.10. The average Bonchev–Trinajstić information content (AvgIpc) is 3.31. The van der Waals surface area contributed by atoms with E-state index in [1.165, 1.54) is 23.5 Å². The number of hydrogen-bond donors (Lipinski definition) is 1. The number of rotatable bonds is 5. The lowest BCUT2D eigenvalue weighted by molar-refractivity contribution is -0.122. The van der Waals surface area contributed by atoms with Crippen molar-refractivity contribution in [1.29, 1.82) is 0 Å². The number of aryl methyl sites for hydroxylation is 1. The Morgan fingerprint density at radius 2 is 1.87 bits per heavy atom. The number of nitrogens with one attached hydrogen (secondary N) is 1. The summed E-state index contributed by atoms with van der Waals surface area (Å²) in [6.07, 6.45) is 0. The van der Waals surface area contributed by atoms with E-state index in [9.17, 15) is 14.0 Å². The zero-order valence-corrected chi connectivity index (χ0v) is 17.8. The summed E-state index contributed by atoms with van der Waals surface area (Å²) in [6, 6.07) is 8.29. The summed E-state index contributed by atoms with van der Waals surface area (Å²) in [5, 5.41) is 8.19. The molecule has 0 atom stereocenters. The van der Waals surface area contributed by atoms with Gasteiger partial charge in [0.2, 0.25) is 5.91 Å². The van der Waals surface area contributed by atoms with E-state index in [2.05, 4.69) is 15.3 Å². The van der Waals surface area contributed by atoms with Gasteiger partial charge >= 0.3 is 0 Å². The van der Waals surface area contributed by atoms with Gasteiger partial charge in [0.25, 0.3) is 5.91 Å². The average molecular weight is 430 g/mol. The fourth-order valence-electron chi connectivity index (χ4n) is 3.64. The molecule has 0 aliphatic carbocycles. The molecule has 1 aromatic carbocycles. The summed E-state index contributed by atoms with van der Waals surface area (Å²) in [6.45, 7) is 5.39. The van der Waals surface area contributed by atoms with Gasteiger partial charge in [0, 0.05) is 38.6 Å². The Morgan fingerprint density at radius 1 is 1.17 bits per heavy atom.